The summed E-state index contributed by atoms with van der Waals surface area (Å²) < 4.78 is 62.7. The minimum absolute atomic E-state index is 0. The van der Waals surface area contributed by atoms with E-state index in [1.807, 2.05) is 0 Å². The molecule has 0 aromatic carbocycles. The molecule has 0 bridgehead atoms. The van der Waals surface area contributed by atoms with Gasteiger partial charge in [0, 0.05) is 19.5 Å². The molecule has 4 N–H and O–H groups in total. The Morgan fingerprint density at radius 3 is 0.533 bits per heavy atom. The monoisotopic (exact) mass is 388 g/mol. The molecule has 0 aromatic rings. The van der Waals surface area contributed by atoms with Crippen molar-refractivity contribution >= 4 is 137 Å². The van der Waals surface area contributed by atoms with Crippen LogP contribution in [0, 0.1) is 0 Å². The van der Waals surface area contributed by atoms with Crippen LogP contribution in [0.1, 0.15) is 0 Å². The minimum atomic E-state index is -1.50. The summed E-state index contributed by atoms with van der Waals surface area (Å²) in [4.78, 5) is 0. The quantitative estimate of drug-likeness (QED) is 0.299. The van der Waals surface area contributed by atoms with Crippen LogP contribution in [-0.4, -0.2) is 154 Å². The Bertz CT molecular complexity index is 78.6. The van der Waals surface area contributed by atoms with E-state index in [1.54, 1.807) is 0 Å². The van der Waals surface area contributed by atoms with E-state index in [0.29, 0.717) is 0 Å². The summed E-state index contributed by atoms with van der Waals surface area (Å²) in [5.41, 5.74) is 0. The van der Waals surface area contributed by atoms with Gasteiger partial charge in [-0.15, -0.1) is 0 Å². The van der Waals surface area contributed by atoms with Crippen LogP contribution in [0.2, 0.25) is 0 Å². The molecule has 0 fully saturated rings. The van der Waals surface area contributed by atoms with E-state index in [0.717, 1.165) is 0 Å². The molecule has 8 nitrogen and oxygen atoms in total. The number of rotatable bonds is 0. The van der Waals surface area contributed by atoms with Gasteiger partial charge in [0.1, 0.15) is 0 Å². The molecule has 0 unspecified atom stereocenters. The third kappa shape index (κ3) is 322. The SMILES string of the molecule is [CaH2].[CaH2].[O]=[Al][OH].[O]=[Al][OH].[O]=[Al][OH].[O]=[Al][OH].[Zn]. The topological polar surface area (TPSA) is 149 Å². The molecule has 0 aliphatic rings. The molecular weight excluding hydrogens is 381 g/mol. The van der Waals surface area contributed by atoms with Gasteiger partial charge in [0.05, 0.1) is 0 Å². The van der Waals surface area contributed by atoms with E-state index in [9.17, 15) is 0 Å². The molecule has 0 saturated heterocycles. The van der Waals surface area contributed by atoms with Crippen molar-refractivity contribution in [2.75, 3.05) is 0 Å². The molecule has 0 aromatic heterocycles. The summed E-state index contributed by atoms with van der Waals surface area (Å²) in [5.74, 6) is 0. The molecule has 0 rings (SSSR count). The maximum atomic E-state index is 8.57. The Morgan fingerprint density at radius 2 is 0.533 bits per heavy atom. The summed E-state index contributed by atoms with van der Waals surface area (Å²) in [6.45, 7) is 0. The number of hydrogen-bond donors (Lipinski definition) is 4. The molecule has 0 spiro atoms. The summed E-state index contributed by atoms with van der Waals surface area (Å²) in [5, 5.41) is 0. The zero-order valence-electron chi connectivity index (χ0n) is 6.44. The second-order valence-corrected chi connectivity index (χ2v) is 1.26. The Balaban J connectivity index is -0.0000000107. The van der Waals surface area contributed by atoms with Crippen LogP contribution in [0.25, 0.3) is 0 Å². The van der Waals surface area contributed by atoms with E-state index in [-0.39, 0.29) is 95.0 Å². The van der Waals surface area contributed by atoms with Gasteiger partial charge in [-0.3, -0.25) is 0 Å². The van der Waals surface area contributed by atoms with Gasteiger partial charge in [-0.2, -0.15) is 0 Å². The van der Waals surface area contributed by atoms with Crippen molar-refractivity contribution in [3.8, 4) is 0 Å². The largest absolute Gasteiger partial charge is 0 e. The standard InChI is InChI=1S/4Al.2Ca.4H2O.4O.Zn.4H/h;;;;;;4*1H2;;;;;;;;;/q4*+1;;;;;;;;;;;;;;;/p-4. The van der Waals surface area contributed by atoms with Gasteiger partial charge in [-0.25, -0.2) is 0 Å². The maximum absolute atomic E-state index is 8.57. The predicted molar refractivity (Wildman–Crippen MR) is 51.7 cm³/mol. The molecule has 0 atom stereocenters. The zero-order valence-corrected chi connectivity index (χ0v) is 14.0. The third-order valence-corrected chi connectivity index (χ3v) is 0. The fraction of sp³-hybridized carbons (Fsp3) is 0. The first kappa shape index (κ1) is 42.8. The van der Waals surface area contributed by atoms with Gasteiger partial charge in [0.2, 0.25) is 0 Å². The Hall–Kier alpha value is 3.67. The van der Waals surface area contributed by atoms with Gasteiger partial charge in [-0.05, 0) is 0 Å². The third-order valence-electron chi connectivity index (χ3n) is 0. The van der Waals surface area contributed by atoms with Crippen molar-refractivity contribution in [1.82, 2.24) is 0 Å². The molecule has 0 aliphatic heterocycles. The molecule has 74 valence electrons. The van der Waals surface area contributed by atoms with E-state index >= 15 is 0 Å². The van der Waals surface area contributed by atoms with Crippen molar-refractivity contribution < 1.29 is 51.3 Å². The smallest absolute Gasteiger partial charge is 0 e. The molecule has 15 heteroatoms. The van der Waals surface area contributed by atoms with E-state index in [1.165, 1.54) is 0 Å². The van der Waals surface area contributed by atoms with Gasteiger partial charge in [0.25, 0.3) is 0 Å². The van der Waals surface area contributed by atoms with Gasteiger partial charge < -0.3 is 0 Å². The van der Waals surface area contributed by atoms with Crippen molar-refractivity contribution in [1.29, 1.82) is 0 Å². The summed E-state index contributed by atoms with van der Waals surface area (Å²) >= 11 is -6.00. The maximum Gasteiger partial charge on any atom is 0 e. The van der Waals surface area contributed by atoms with Crippen LogP contribution in [0.3, 0.4) is 0 Å². The van der Waals surface area contributed by atoms with E-state index in [4.69, 9.17) is 31.8 Å². The Labute approximate surface area is 184 Å². The van der Waals surface area contributed by atoms with Crippen LogP contribution in [-0.2, 0) is 34.7 Å². The predicted octanol–water partition coefficient (Wildman–Crippen LogP) is -6.06. The minimum Gasteiger partial charge on any atom is 0 e. The first-order chi connectivity index (χ1) is 5.66. The first-order valence-corrected chi connectivity index (χ1v) is 5.93. The Kier molecular flexibility index (Phi) is 238. The second kappa shape index (κ2) is 83.4. The normalized spacial score (nSPS) is 2.13. The van der Waals surface area contributed by atoms with Crippen LogP contribution in [0.5, 0.6) is 0 Å². The van der Waals surface area contributed by atoms with Gasteiger partial charge in [0.15, 0.2) is 0 Å². The zero-order chi connectivity index (χ0) is 10.8. The second-order valence-electron chi connectivity index (χ2n) is 0.422. The molecule has 0 heterocycles. The van der Waals surface area contributed by atoms with Gasteiger partial charge in [-0.1, -0.05) is 0 Å². The van der Waals surface area contributed by atoms with E-state index < -0.39 is 61.9 Å². The summed E-state index contributed by atoms with van der Waals surface area (Å²) in [6.07, 6.45) is 0. The molecular formula is H8Al4Ca2O8Zn. The van der Waals surface area contributed by atoms with Crippen LogP contribution < -0.4 is 0 Å². The molecule has 0 radical (unpaired) electrons. The van der Waals surface area contributed by atoms with E-state index in [2.05, 4.69) is 0 Å². The molecule has 0 saturated carbocycles. The molecule has 0 amide bonds. The van der Waals surface area contributed by atoms with Crippen molar-refractivity contribution in [2.24, 2.45) is 0 Å². The average molecular weight is 390 g/mol. The van der Waals surface area contributed by atoms with Crippen LogP contribution in [0.4, 0.5) is 0 Å². The fourth-order valence-electron chi connectivity index (χ4n) is 0. The molecule has 0 aliphatic carbocycles. The van der Waals surface area contributed by atoms with Crippen LogP contribution in [0.15, 0.2) is 0 Å². The van der Waals surface area contributed by atoms with Crippen molar-refractivity contribution in [2.45, 2.75) is 0 Å². The fourth-order valence-corrected chi connectivity index (χ4v) is 0. The Morgan fingerprint density at radius 1 is 0.533 bits per heavy atom. The number of hydrogen-bond acceptors (Lipinski definition) is 4. The van der Waals surface area contributed by atoms with Crippen LogP contribution >= 0.6 is 0 Å². The van der Waals surface area contributed by atoms with Crippen molar-refractivity contribution in [3.05, 3.63) is 0 Å². The van der Waals surface area contributed by atoms with Crippen molar-refractivity contribution in [3.63, 3.8) is 0 Å². The summed E-state index contributed by atoms with van der Waals surface area (Å²) in [7, 11) is 0. The van der Waals surface area contributed by atoms with Gasteiger partial charge >= 0.3 is 169 Å². The summed E-state index contributed by atoms with van der Waals surface area (Å²) in [6, 6.07) is 0. The average Bonchev–Trinajstić information content (AvgIpc) is 1.92. The molecule has 15 heavy (non-hydrogen) atoms. The first-order valence-electron chi connectivity index (χ1n) is 1.98.